The van der Waals surface area contributed by atoms with Crippen LogP contribution in [0.4, 0.5) is 15.8 Å². The Morgan fingerprint density at radius 2 is 2.26 bits per heavy atom. The van der Waals surface area contributed by atoms with Gasteiger partial charge in [0.15, 0.2) is 0 Å². The number of nitrogens with zero attached hydrogens (tertiary/aromatic N) is 1. The summed E-state index contributed by atoms with van der Waals surface area (Å²) in [6.45, 7) is 7.45. The first-order valence-corrected chi connectivity index (χ1v) is 7.07. The van der Waals surface area contributed by atoms with E-state index >= 15 is 0 Å². The molecule has 1 aliphatic rings. The van der Waals surface area contributed by atoms with Gasteiger partial charge in [0, 0.05) is 25.2 Å². The quantitative estimate of drug-likeness (QED) is 0.835. The molecule has 2 rings (SSSR count). The summed E-state index contributed by atoms with van der Waals surface area (Å²) in [4.78, 5) is 2.46. The van der Waals surface area contributed by atoms with Crippen LogP contribution in [0.2, 0.25) is 5.02 Å². The van der Waals surface area contributed by atoms with E-state index in [0.717, 1.165) is 19.6 Å². The fraction of sp³-hybridized carbons (Fsp3) is 0.571. The Kier molecular flexibility index (Phi) is 4.53. The summed E-state index contributed by atoms with van der Waals surface area (Å²) >= 11 is 5.68. The summed E-state index contributed by atoms with van der Waals surface area (Å²) in [5.41, 5.74) is 6.95. The van der Waals surface area contributed by atoms with Crippen LogP contribution >= 0.6 is 11.6 Å². The number of hydrogen-bond acceptors (Lipinski definition) is 3. The molecule has 1 aliphatic heterocycles. The molecule has 0 spiro atoms. The highest BCUT2D eigenvalue weighted by Crippen LogP contribution is 2.27. The predicted molar refractivity (Wildman–Crippen MR) is 79.1 cm³/mol. The van der Waals surface area contributed by atoms with Gasteiger partial charge in [-0.25, -0.2) is 4.39 Å². The molecule has 5 heteroatoms. The molecule has 1 fully saturated rings. The van der Waals surface area contributed by atoms with Crippen molar-refractivity contribution in [2.75, 3.05) is 30.7 Å². The second-order valence-corrected chi connectivity index (χ2v) is 5.89. The van der Waals surface area contributed by atoms with Gasteiger partial charge >= 0.3 is 0 Å². The van der Waals surface area contributed by atoms with Crippen LogP contribution in [0.5, 0.6) is 0 Å². The molecule has 1 atom stereocenters. The van der Waals surface area contributed by atoms with Crippen LogP contribution in [0, 0.1) is 11.7 Å². The van der Waals surface area contributed by atoms with Crippen molar-refractivity contribution in [2.24, 2.45) is 5.92 Å². The second-order valence-electron chi connectivity index (χ2n) is 5.48. The first kappa shape index (κ1) is 14.4. The molecule has 1 saturated heterocycles. The van der Waals surface area contributed by atoms with Gasteiger partial charge < -0.3 is 16.0 Å². The Morgan fingerprint density at radius 1 is 1.53 bits per heavy atom. The smallest absolute Gasteiger partial charge is 0.143 e. The Balaban J connectivity index is 1.91. The highest BCUT2D eigenvalue weighted by molar-refractivity contribution is 6.31. The Hall–Kier alpha value is -1.00. The number of hydrogen-bond donors (Lipinski definition) is 2. The molecule has 0 bridgehead atoms. The summed E-state index contributed by atoms with van der Waals surface area (Å²) in [7, 11) is 0. The van der Waals surface area contributed by atoms with Gasteiger partial charge in [-0.3, -0.25) is 0 Å². The van der Waals surface area contributed by atoms with E-state index < -0.39 is 5.82 Å². The van der Waals surface area contributed by atoms with E-state index in [1.165, 1.54) is 18.6 Å². The molecule has 1 heterocycles. The van der Waals surface area contributed by atoms with Gasteiger partial charge in [-0.15, -0.1) is 0 Å². The number of likely N-dealkylation sites (tertiary alicyclic amines) is 1. The number of rotatable bonds is 4. The molecule has 1 unspecified atom stereocenters. The van der Waals surface area contributed by atoms with E-state index in [1.807, 2.05) is 0 Å². The fourth-order valence-electron chi connectivity index (χ4n) is 2.47. The number of nitrogens with two attached hydrogens (primary N) is 1. The second kappa shape index (κ2) is 5.97. The monoisotopic (exact) mass is 285 g/mol. The lowest BCUT2D eigenvalue weighted by atomic mass is 10.1. The van der Waals surface area contributed by atoms with Crippen LogP contribution in [-0.2, 0) is 0 Å². The Morgan fingerprint density at radius 3 is 2.89 bits per heavy atom. The fourth-order valence-corrected chi connectivity index (χ4v) is 2.64. The average Bonchev–Trinajstić information content (AvgIpc) is 2.81. The van der Waals surface area contributed by atoms with Gasteiger partial charge in [0.25, 0.3) is 0 Å². The first-order valence-electron chi connectivity index (χ1n) is 6.69. The third-order valence-corrected chi connectivity index (χ3v) is 4.01. The molecule has 106 valence electrons. The molecule has 0 aliphatic carbocycles. The third-order valence-electron chi connectivity index (χ3n) is 3.72. The van der Waals surface area contributed by atoms with Gasteiger partial charge in [-0.05, 0) is 38.8 Å². The van der Waals surface area contributed by atoms with Gasteiger partial charge in [-0.1, -0.05) is 11.6 Å². The van der Waals surface area contributed by atoms with Crippen LogP contribution in [0.25, 0.3) is 0 Å². The number of benzene rings is 1. The summed E-state index contributed by atoms with van der Waals surface area (Å²) in [5.74, 6) is 0.147. The summed E-state index contributed by atoms with van der Waals surface area (Å²) in [6.07, 6.45) is 1.17. The van der Waals surface area contributed by atoms with Gasteiger partial charge in [0.05, 0.1) is 16.4 Å². The molecule has 3 nitrogen and oxygen atoms in total. The summed E-state index contributed by atoms with van der Waals surface area (Å²) in [6, 6.07) is 3.41. The zero-order valence-electron chi connectivity index (χ0n) is 11.4. The van der Waals surface area contributed by atoms with Gasteiger partial charge in [0.1, 0.15) is 5.82 Å². The molecule has 19 heavy (non-hydrogen) atoms. The van der Waals surface area contributed by atoms with Gasteiger partial charge in [-0.2, -0.15) is 0 Å². The minimum atomic E-state index is -0.436. The van der Waals surface area contributed by atoms with E-state index in [1.54, 1.807) is 0 Å². The molecule has 0 amide bonds. The molecule has 0 aromatic heterocycles. The largest absolute Gasteiger partial charge is 0.397 e. The van der Waals surface area contributed by atoms with E-state index in [-0.39, 0.29) is 5.02 Å². The van der Waals surface area contributed by atoms with Crippen LogP contribution < -0.4 is 11.1 Å². The van der Waals surface area contributed by atoms with Crippen molar-refractivity contribution in [2.45, 2.75) is 26.3 Å². The Bertz CT molecular complexity index is 451. The maximum absolute atomic E-state index is 13.4. The minimum absolute atomic E-state index is 0.0647. The van der Waals surface area contributed by atoms with Crippen molar-refractivity contribution in [3.63, 3.8) is 0 Å². The topological polar surface area (TPSA) is 41.3 Å². The molecular weight excluding hydrogens is 265 g/mol. The lowest BCUT2D eigenvalue weighted by Gasteiger charge is -2.20. The molecule has 1 aromatic rings. The maximum Gasteiger partial charge on any atom is 0.143 e. The predicted octanol–water partition coefficient (Wildman–Crippen LogP) is 3.20. The van der Waals surface area contributed by atoms with E-state index in [9.17, 15) is 4.39 Å². The van der Waals surface area contributed by atoms with Crippen LogP contribution in [-0.4, -0.2) is 30.6 Å². The van der Waals surface area contributed by atoms with Crippen molar-refractivity contribution < 1.29 is 4.39 Å². The van der Waals surface area contributed by atoms with E-state index in [0.29, 0.717) is 23.3 Å². The Labute approximate surface area is 118 Å². The van der Waals surface area contributed by atoms with Crippen LogP contribution in [0.15, 0.2) is 12.1 Å². The first-order chi connectivity index (χ1) is 8.97. The van der Waals surface area contributed by atoms with Crippen LogP contribution in [0.1, 0.15) is 20.3 Å². The molecule has 0 radical (unpaired) electrons. The van der Waals surface area contributed by atoms with Crippen molar-refractivity contribution in [3.05, 3.63) is 23.0 Å². The number of anilines is 2. The number of nitrogen functional groups attached to an aromatic ring is 1. The summed E-state index contributed by atoms with van der Waals surface area (Å²) in [5, 5.41) is 3.30. The summed E-state index contributed by atoms with van der Waals surface area (Å²) < 4.78 is 13.4. The van der Waals surface area contributed by atoms with Crippen molar-refractivity contribution in [3.8, 4) is 0 Å². The third kappa shape index (κ3) is 3.51. The molecule has 1 aromatic carbocycles. The average molecular weight is 286 g/mol. The zero-order chi connectivity index (χ0) is 14.0. The maximum atomic E-state index is 13.4. The molecular formula is C14H21ClFN3. The van der Waals surface area contributed by atoms with Crippen LogP contribution in [0.3, 0.4) is 0 Å². The number of halogens is 2. The number of nitrogens with one attached hydrogen (secondary N) is 1. The molecule has 0 saturated carbocycles. The normalized spacial score (nSPS) is 20.2. The SMILES string of the molecule is CC(C)N1CCC(CNc2cc(F)c(Cl)cc2N)C1. The van der Waals surface area contributed by atoms with E-state index in [2.05, 4.69) is 24.1 Å². The van der Waals surface area contributed by atoms with E-state index in [4.69, 9.17) is 17.3 Å². The lowest BCUT2D eigenvalue weighted by Crippen LogP contribution is -2.29. The standard InChI is InChI=1S/C14H21ClFN3/c1-9(2)19-4-3-10(8-19)7-18-14-6-12(16)11(15)5-13(14)17/h5-6,9-10,18H,3-4,7-8,17H2,1-2H3. The van der Waals surface area contributed by atoms with Crippen molar-refractivity contribution in [1.29, 1.82) is 0 Å². The highest BCUT2D eigenvalue weighted by atomic mass is 35.5. The minimum Gasteiger partial charge on any atom is -0.397 e. The molecule has 3 N–H and O–H groups in total. The van der Waals surface area contributed by atoms with Crippen molar-refractivity contribution >= 4 is 23.0 Å². The highest BCUT2D eigenvalue weighted by Gasteiger charge is 2.24. The zero-order valence-corrected chi connectivity index (χ0v) is 12.2. The lowest BCUT2D eigenvalue weighted by molar-refractivity contribution is 0.266. The van der Waals surface area contributed by atoms with Gasteiger partial charge in [0.2, 0.25) is 0 Å². The van der Waals surface area contributed by atoms with Crippen molar-refractivity contribution in [1.82, 2.24) is 4.90 Å².